The molecule has 0 aliphatic rings. The number of anilines is 3. The number of aromatic nitrogens is 1. The Morgan fingerprint density at radius 3 is 1.20 bits per heavy atom. The average molecular weight is 941 g/mol. The molecule has 0 atom stereocenters. The van der Waals surface area contributed by atoms with Crippen LogP contribution >= 0.6 is 0 Å². The first-order chi connectivity index (χ1) is 36.7. The van der Waals surface area contributed by atoms with Gasteiger partial charge in [-0.2, -0.15) is 0 Å². The van der Waals surface area contributed by atoms with Crippen LogP contribution in [-0.4, -0.2) is 4.57 Å². The maximum absolute atomic E-state index is 2.38. The van der Waals surface area contributed by atoms with Crippen molar-refractivity contribution in [1.29, 1.82) is 0 Å². The fourth-order valence-corrected chi connectivity index (χ4v) is 11.5. The SMILES string of the molecule is c1ccc(-c2c3ccccc3c(-c3ccc(N(c4ccc(-c5ccc(-c6cccc7ccccc67)cc5)cc4)c4ccc(-c5ccc6c(c5)c5ccccc5n6-c5ccccc5)cc4)cc3)c3ccccc23)cc1. The molecule has 0 spiro atoms. The summed E-state index contributed by atoms with van der Waals surface area (Å²) < 4.78 is 2.37. The first-order valence-corrected chi connectivity index (χ1v) is 25.5. The van der Waals surface area contributed by atoms with Gasteiger partial charge in [0.05, 0.1) is 11.0 Å². The molecule has 14 aromatic rings. The lowest BCUT2D eigenvalue weighted by Gasteiger charge is -2.26. The van der Waals surface area contributed by atoms with Gasteiger partial charge in [0.15, 0.2) is 0 Å². The van der Waals surface area contributed by atoms with Crippen molar-refractivity contribution < 1.29 is 0 Å². The van der Waals surface area contributed by atoms with E-state index in [0.717, 1.165) is 22.7 Å². The number of hydrogen-bond donors (Lipinski definition) is 0. The predicted octanol–water partition coefficient (Wildman–Crippen LogP) is 20.0. The summed E-state index contributed by atoms with van der Waals surface area (Å²) in [5, 5.41) is 10.0. The molecule has 74 heavy (non-hydrogen) atoms. The molecule has 0 unspecified atom stereocenters. The van der Waals surface area contributed by atoms with Crippen LogP contribution in [0.3, 0.4) is 0 Å². The Kier molecular flexibility index (Phi) is 10.6. The van der Waals surface area contributed by atoms with Gasteiger partial charge in [-0.1, -0.05) is 224 Å². The summed E-state index contributed by atoms with van der Waals surface area (Å²) in [7, 11) is 0. The molecule has 1 aromatic heterocycles. The lowest BCUT2D eigenvalue weighted by molar-refractivity contribution is 1.18. The standard InChI is InChI=1S/C72H48N2/c1-3-17-54(18-4-1)71-64-24-9-11-26-66(64)72(67-27-12-10-25-65(67)71)55-38-45-60(46-39-55)73(58-41-34-50(35-42-58)49-30-32-53(33-31-49)62-28-15-19-52-16-7-8-22-61(52)62)59-43-36-51(37-44-59)56-40-47-70-68(48-56)63-23-13-14-29-69(63)74(70)57-20-5-2-6-21-57/h1-48H. The van der Waals surface area contributed by atoms with Crippen LogP contribution in [0.1, 0.15) is 0 Å². The average Bonchev–Trinajstić information content (AvgIpc) is 3.82. The van der Waals surface area contributed by atoms with E-state index in [4.69, 9.17) is 0 Å². The molecule has 0 amide bonds. The number of hydrogen-bond acceptors (Lipinski definition) is 1. The second-order valence-electron chi connectivity index (χ2n) is 19.2. The Balaban J connectivity index is 0.854. The van der Waals surface area contributed by atoms with E-state index in [-0.39, 0.29) is 0 Å². The zero-order valence-corrected chi connectivity index (χ0v) is 40.6. The molecule has 0 N–H and O–H groups in total. The summed E-state index contributed by atoms with van der Waals surface area (Å²) in [6.45, 7) is 0. The Hall–Kier alpha value is -9.76. The van der Waals surface area contributed by atoms with E-state index in [1.54, 1.807) is 0 Å². The van der Waals surface area contributed by atoms with Crippen LogP contribution in [0.25, 0.3) is 115 Å². The van der Waals surface area contributed by atoms with Crippen LogP contribution < -0.4 is 4.90 Å². The van der Waals surface area contributed by atoms with Gasteiger partial charge in [-0.05, 0) is 155 Å². The summed E-state index contributed by atoms with van der Waals surface area (Å²) in [6.07, 6.45) is 0. The Labute approximate surface area is 430 Å². The van der Waals surface area contributed by atoms with Gasteiger partial charge in [-0.3, -0.25) is 0 Å². The summed E-state index contributed by atoms with van der Waals surface area (Å²) in [4.78, 5) is 2.38. The molecule has 2 heteroatoms. The van der Waals surface area contributed by atoms with Gasteiger partial charge in [0.25, 0.3) is 0 Å². The van der Waals surface area contributed by atoms with Gasteiger partial charge in [-0.25, -0.2) is 0 Å². The Bertz CT molecular complexity index is 4300. The van der Waals surface area contributed by atoms with Crippen LogP contribution in [0.5, 0.6) is 0 Å². The van der Waals surface area contributed by atoms with Gasteiger partial charge in [-0.15, -0.1) is 0 Å². The summed E-state index contributed by atoms with van der Waals surface area (Å²) in [5.41, 5.74) is 18.9. The zero-order valence-electron chi connectivity index (χ0n) is 40.6. The summed E-state index contributed by atoms with van der Waals surface area (Å²) in [6, 6.07) is 106. The molecule has 0 aliphatic heterocycles. The molecular formula is C72H48N2. The van der Waals surface area contributed by atoms with E-state index in [1.165, 1.54) is 110 Å². The largest absolute Gasteiger partial charge is 0.311 e. The number of benzene rings is 13. The first kappa shape index (κ1) is 43.1. The summed E-state index contributed by atoms with van der Waals surface area (Å²) in [5.74, 6) is 0. The van der Waals surface area contributed by atoms with E-state index < -0.39 is 0 Å². The molecule has 14 rings (SSSR count). The van der Waals surface area contributed by atoms with Crippen molar-refractivity contribution in [2.75, 3.05) is 4.90 Å². The predicted molar refractivity (Wildman–Crippen MR) is 315 cm³/mol. The molecule has 2 nitrogen and oxygen atoms in total. The number of nitrogens with zero attached hydrogens (tertiary/aromatic N) is 2. The molecule has 0 radical (unpaired) electrons. The molecule has 0 bridgehead atoms. The van der Waals surface area contributed by atoms with Gasteiger partial charge in [0, 0.05) is 33.5 Å². The van der Waals surface area contributed by atoms with Gasteiger partial charge in [0.1, 0.15) is 0 Å². The van der Waals surface area contributed by atoms with Crippen molar-refractivity contribution in [3.05, 3.63) is 291 Å². The maximum atomic E-state index is 2.38. The van der Waals surface area contributed by atoms with E-state index >= 15 is 0 Å². The molecule has 0 saturated carbocycles. The zero-order chi connectivity index (χ0) is 49.0. The lowest BCUT2D eigenvalue weighted by atomic mass is 9.86. The second-order valence-corrected chi connectivity index (χ2v) is 19.2. The van der Waals surface area contributed by atoms with Crippen LogP contribution in [-0.2, 0) is 0 Å². The van der Waals surface area contributed by atoms with Gasteiger partial charge < -0.3 is 9.47 Å². The fraction of sp³-hybridized carbons (Fsp3) is 0. The van der Waals surface area contributed by atoms with Crippen molar-refractivity contribution >= 4 is 71.2 Å². The highest BCUT2D eigenvalue weighted by Gasteiger charge is 2.19. The molecule has 0 saturated heterocycles. The smallest absolute Gasteiger partial charge is 0.0541 e. The Morgan fingerprint density at radius 2 is 0.622 bits per heavy atom. The molecule has 13 aromatic carbocycles. The van der Waals surface area contributed by atoms with Crippen LogP contribution in [0.4, 0.5) is 17.1 Å². The highest BCUT2D eigenvalue weighted by atomic mass is 15.1. The first-order valence-electron chi connectivity index (χ1n) is 25.5. The van der Waals surface area contributed by atoms with Crippen molar-refractivity contribution in [2.45, 2.75) is 0 Å². The molecule has 0 fully saturated rings. The monoisotopic (exact) mass is 940 g/mol. The van der Waals surface area contributed by atoms with E-state index in [9.17, 15) is 0 Å². The third-order valence-corrected chi connectivity index (χ3v) is 15.0. The molecule has 346 valence electrons. The highest BCUT2D eigenvalue weighted by molar-refractivity contribution is 6.21. The van der Waals surface area contributed by atoms with Crippen LogP contribution in [0.2, 0.25) is 0 Å². The highest BCUT2D eigenvalue weighted by Crippen LogP contribution is 2.45. The lowest BCUT2D eigenvalue weighted by Crippen LogP contribution is -2.09. The maximum Gasteiger partial charge on any atom is 0.0541 e. The van der Waals surface area contributed by atoms with Crippen molar-refractivity contribution in [3.8, 4) is 61.3 Å². The Morgan fingerprint density at radius 1 is 0.230 bits per heavy atom. The van der Waals surface area contributed by atoms with Crippen LogP contribution in [0.15, 0.2) is 291 Å². The van der Waals surface area contributed by atoms with Crippen LogP contribution in [0, 0.1) is 0 Å². The number of rotatable bonds is 9. The third-order valence-electron chi connectivity index (χ3n) is 15.0. The quantitative estimate of drug-likeness (QED) is 0.131. The van der Waals surface area contributed by atoms with Crippen molar-refractivity contribution in [3.63, 3.8) is 0 Å². The van der Waals surface area contributed by atoms with E-state index in [2.05, 4.69) is 301 Å². The van der Waals surface area contributed by atoms with E-state index in [1.807, 2.05) is 0 Å². The molecule has 1 heterocycles. The van der Waals surface area contributed by atoms with E-state index in [0.29, 0.717) is 0 Å². The minimum atomic E-state index is 1.08. The molecular weight excluding hydrogens is 893 g/mol. The topological polar surface area (TPSA) is 8.17 Å². The van der Waals surface area contributed by atoms with Gasteiger partial charge >= 0.3 is 0 Å². The van der Waals surface area contributed by atoms with Gasteiger partial charge in [0.2, 0.25) is 0 Å². The normalized spacial score (nSPS) is 11.5. The minimum absolute atomic E-state index is 1.08. The third kappa shape index (κ3) is 7.43. The minimum Gasteiger partial charge on any atom is -0.311 e. The summed E-state index contributed by atoms with van der Waals surface area (Å²) >= 11 is 0. The van der Waals surface area contributed by atoms with Crippen molar-refractivity contribution in [2.24, 2.45) is 0 Å². The fourth-order valence-electron chi connectivity index (χ4n) is 11.5. The van der Waals surface area contributed by atoms with Crippen molar-refractivity contribution in [1.82, 2.24) is 4.57 Å². The number of fused-ring (bicyclic) bond motifs is 6. The molecule has 0 aliphatic carbocycles. The second kappa shape index (κ2) is 18.1. The number of para-hydroxylation sites is 2.